The summed E-state index contributed by atoms with van der Waals surface area (Å²) in [7, 11) is -1.76. The van der Waals surface area contributed by atoms with Gasteiger partial charge in [-0.05, 0) is 37.1 Å². The summed E-state index contributed by atoms with van der Waals surface area (Å²) in [6, 6.07) is 6.96. The van der Waals surface area contributed by atoms with Crippen molar-refractivity contribution in [3.05, 3.63) is 29.8 Å². The van der Waals surface area contributed by atoms with Gasteiger partial charge in [0.1, 0.15) is 0 Å². The van der Waals surface area contributed by atoms with E-state index in [0.717, 1.165) is 31.5 Å². The molecule has 0 amide bonds. The highest BCUT2D eigenvalue weighted by atomic mass is 32.2. The van der Waals surface area contributed by atoms with Crippen molar-refractivity contribution in [3.8, 4) is 0 Å². The summed E-state index contributed by atoms with van der Waals surface area (Å²) in [5.41, 5.74) is 1.07. The molecule has 114 valence electrons. The average molecular weight is 300 g/mol. The molecule has 0 aliphatic carbocycles. The molecule has 20 heavy (non-hydrogen) atoms. The van der Waals surface area contributed by atoms with Gasteiger partial charge in [-0.3, -0.25) is 0 Å². The summed E-state index contributed by atoms with van der Waals surface area (Å²) in [6.45, 7) is 4.77. The SMILES string of the molecule is CCNCc1ccc(S(=O)(=O)NCCCCOC)cc1. The molecule has 0 spiro atoms. The third kappa shape index (κ3) is 6.00. The zero-order valence-electron chi connectivity index (χ0n) is 12.2. The Morgan fingerprint density at radius 2 is 1.85 bits per heavy atom. The highest BCUT2D eigenvalue weighted by Gasteiger charge is 2.12. The van der Waals surface area contributed by atoms with Gasteiger partial charge in [-0.1, -0.05) is 19.1 Å². The van der Waals surface area contributed by atoms with E-state index in [1.807, 2.05) is 19.1 Å². The molecule has 0 aliphatic rings. The Morgan fingerprint density at radius 3 is 2.45 bits per heavy atom. The molecule has 0 heterocycles. The lowest BCUT2D eigenvalue weighted by molar-refractivity contribution is 0.193. The molecule has 1 aromatic carbocycles. The molecule has 2 N–H and O–H groups in total. The van der Waals surface area contributed by atoms with E-state index in [1.54, 1.807) is 19.2 Å². The van der Waals surface area contributed by atoms with Crippen molar-refractivity contribution in [2.45, 2.75) is 31.2 Å². The van der Waals surface area contributed by atoms with Gasteiger partial charge in [-0.2, -0.15) is 0 Å². The molecule has 5 nitrogen and oxygen atoms in total. The van der Waals surface area contributed by atoms with Crippen LogP contribution in [0.5, 0.6) is 0 Å². The molecule has 0 aromatic heterocycles. The molecule has 6 heteroatoms. The van der Waals surface area contributed by atoms with E-state index in [0.29, 0.717) is 18.0 Å². The predicted octanol–water partition coefficient (Wildman–Crippen LogP) is 1.50. The normalized spacial score (nSPS) is 11.7. The van der Waals surface area contributed by atoms with Gasteiger partial charge in [0.2, 0.25) is 10.0 Å². The van der Waals surface area contributed by atoms with E-state index >= 15 is 0 Å². The number of benzene rings is 1. The Morgan fingerprint density at radius 1 is 1.15 bits per heavy atom. The maximum Gasteiger partial charge on any atom is 0.240 e. The van der Waals surface area contributed by atoms with Gasteiger partial charge in [-0.15, -0.1) is 0 Å². The van der Waals surface area contributed by atoms with Crippen molar-refractivity contribution in [3.63, 3.8) is 0 Å². The van der Waals surface area contributed by atoms with Crippen LogP contribution in [0.4, 0.5) is 0 Å². The zero-order valence-corrected chi connectivity index (χ0v) is 13.0. The minimum Gasteiger partial charge on any atom is -0.385 e. The third-order valence-corrected chi connectivity index (χ3v) is 4.36. The second kappa shape index (κ2) is 9.07. The van der Waals surface area contributed by atoms with Gasteiger partial charge >= 0.3 is 0 Å². The fourth-order valence-corrected chi connectivity index (χ4v) is 2.79. The highest BCUT2D eigenvalue weighted by molar-refractivity contribution is 7.89. The Bertz CT molecular complexity index is 472. The molecule has 1 aromatic rings. The van der Waals surface area contributed by atoms with E-state index < -0.39 is 10.0 Å². The topological polar surface area (TPSA) is 67.4 Å². The molecule has 0 saturated carbocycles. The molecule has 0 aliphatic heterocycles. The summed E-state index contributed by atoms with van der Waals surface area (Å²) in [5.74, 6) is 0. The third-order valence-electron chi connectivity index (χ3n) is 2.88. The fraction of sp³-hybridized carbons (Fsp3) is 0.571. The molecular weight excluding hydrogens is 276 g/mol. The van der Waals surface area contributed by atoms with Crippen LogP contribution in [-0.4, -0.2) is 35.2 Å². The molecule has 0 fully saturated rings. The Kier molecular flexibility index (Phi) is 7.76. The summed E-state index contributed by atoms with van der Waals surface area (Å²) in [4.78, 5) is 0.310. The van der Waals surface area contributed by atoms with Crippen LogP contribution in [0.15, 0.2) is 29.2 Å². The average Bonchev–Trinajstić information content (AvgIpc) is 2.45. The van der Waals surface area contributed by atoms with Crippen molar-refractivity contribution >= 4 is 10.0 Å². The number of sulfonamides is 1. The lowest BCUT2D eigenvalue weighted by Gasteiger charge is -2.08. The van der Waals surface area contributed by atoms with Crippen LogP contribution in [0, 0.1) is 0 Å². The van der Waals surface area contributed by atoms with E-state index in [9.17, 15) is 8.42 Å². The first-order valence-corrected chi connectivity index (χ1v) is 8.36. The second-order valence-corrected chi connectivity index (χ2v) is 6.29. The number of hydrogen-bond donors (Lipinski definition) is 2. The molecule has 0 bridgehead atoms. The van der Waals surface area contributed by atoms with Crippen LogP contribution in [0.25, 0.3) is 0 Å². The van der Waals surface area contributed by atoms with Crippen LogP contribution in [-0.2, 0) is 21.3 Å². The Hall–Kier alpha value is -0.950. The second-order valence-electron chi connectivity index (χ2n) is 4.52. The van der Waals surface area contributed by atoms with Crippen molar-refractivity contribution in [1.29, 1.82) is 0 Å². The number of ether oxygens (including phenoxy) is 1. The molecule has 0 saturated heterocycles. The number of methoxy groups -OCH3 is 1. The summed E-state index contributed by atoms with van der Waals surface area (Å²) >= 11 is 0. The number of unbranched alkanes of at least 4 members (excludes halogenated alkanes) is 1. The quantitative estimate of drug-likeness (QED) is 0.643. The van der Waals surface area contributed by atoms with Crippen LogP contribution in [0.1, 0.15) is 25.3 Å². The van der Waals surface area contributed by atoms with Crippen molar-refractivity contribution in [2.75, 3.05) is 26.8 Å². The van der Waals surface area contributed by atoms with E-state index in [1.165, 1.54) is 0 Å². The van der Waals surface area contributed by atoms with Crippen molar-refractivity contribution in [1.82, 2.24) is 10.0 Å². The first-order chi connectivity index (χ1) is 9.60. The van der Waals surface area contributed by atoms with Gasteiger partial charge in [0, 0.05) is 26.8 Å². The van der Waals surface area contributed by atoms with Gasteiger partial charge < -0.3 is 10.1 Å². The maximum atomic E-state index is 12.0. The molecule has 0 radical (unpaired) electrons. The van der Waals surface area contributed by atoms with Gasteiger partial charge in [-0.25, -0.2) is 13.1 Å². The van der Waals surface area contributed by atoms with E-state index in [2.05, 4.69) is 10.0 Å². The highest BCUT2D eigenvalue weighted by Crippen LogP contribution is 2.10. The van der Waals surface area contributed by atoms with Crippen molar-refractivity contribution in [2.24, 2.45) is 0 Å². The minimum absolute atomic E-state index is 0.310. The summed E-state index contributed by atoms with van der Waals surface area (Å²) in [6.07, 6.45) is 1.62. The predicted molar refractivity (Wildman–Crippen MR) is 80.1 cm³/mol. The van der Waals surface area contributed by atoms with E-state index in [-0.39, 0.29) is 0 Å². The zero-order chi connectivity index (χ0) is 14.8. The first kappa shape index (κ1) is 17.1. The Labute approximate surface area is 121 Å². The number of rotatable bonds is 10. The number of nitrogens with one attached hydrogen (secondary N) is 2. The first-order valence-electron chi connectivity index (χ1n) is 6.88. The standard InChI is InChI=1S/C14H24N2O3S/c1-3-15-12-13-6-8-14(9-7-13)20(17,18)16-10-4-5-11-19-2/h6-9,15-16H,3-5,10-12H2,1-2H3. The maximum absolute atomic E-state index is 12.0. The summed E-state index contributed by atoms with van der Waals surface area (Å²) < 4.78 is 31.6. The smallest absolute Gasteiger partial charge is 0.240 e. The lowest BCUT2D eigenvalue weighted by atomic mass is 10.2. The van der Waals surface area contributed by atoms with Gasteiger partial charge in [0.25, 0.3) is 0 Å². The molecule has 1 rings (SSSR count). The minimum atomic E-state index is -3.40. The largest absolute Gasteiger partial charge is 0.385 e. The van der Waals surface area contributed by atoms with Crippen LogP contribution >= 0.6 is 0 Å². The molecule has 0 unspecified atom stereocenters. The molecule has 0 atom stereocenters. The van der Waals surface area contributed by atoms with E-state index in [4.69, 9.17) is 4.74 Å². The van der Waals surface area contributed by atoms with Crippen LogP contribution in [0.2, 0.25) is 0 Å². The van der Waals surface area contributed by atoms with Crippen LogP contribution < -0.4 is 10.0 Å². The molecular formula is C14H24N2O3S. The monoisotopic (exact) mass is 300 g/mol. The number of hydrogen-bond acceptors (Lipinski definition) is 4. The van der Waals surface area contributed by atoms with Crippen molar-refractivity contribution < 1.29 is 13.2 Å². The van der Waals surface area contributed by atoms with Crippen LogP contribution in [0.3, 0.4) is 0 Å². The fourth-order valence-electron chi connectivity index (χ4n) is 1.72. The lowest BCUT2D eigenvalue weighted by Crippen LogP contribution is -2.25. The van der Waals surface area contributed by atoms with Gasteiger partial charge in [0.05, 0.1) is 4.90 Å². The van der Waals surface area contributed by atoms with Gasteiger partial charge in [0.15, 0.2) is 0 Å². The summed E-state index contributed by atoms with van der Waals surface area (Å²) in [5, 5.41) is 3.20. The Balaban J connectivity index is 2.50.